The summed E-state index contributed by atoms with van der Waals surface area (Å²) in [6.45, 7) is 4.14. The highest BCUT2D eigenvalue weighted by Crippen LogP contribution is 2.24. The molecule has 0 aromatic heterocycles. The molecule has 1 saturated carbocycles. The Morgan fingerprint density at radius 1 is 1.13 bits per heavy atom. The molecule has 1 atom stereocenters. The van der Waals surface area contributed by atoms with E-state index in [-0.39, 0.29) is 17.7 Å². The molecule has 0 aliphatic heterocycles. The van der Waals surface area contributed by atoms with E-state index in [2.05, 4.69) is 10.9 Å². The summed E-state index contributed by atoms with van der Waals surface area (Å²) in [5, 5.41) is 0. The molecule has 126 valence electrons. The van der Waals surface area contributed by atoms with Gasteiger partial charge in [0.25, 0.3) is 5.91 Å². The lowest BCUT2D eigenvalue weighted by Gasteiger charge is -2.16. The van der Waals surface area contributed by atoms with Crippen LogP contribution >= 0.6 is 0 Å². The molecule has 6 heteroatoms. The molecule has 2 amide bonds. The van der Waals surface area contributed by atoms with Crippen molar-refractivity contribution >= 4 is 11.8 Å². The minimum atomic E-state index is -0.711. The summed E-state index contributed by atoms with van der Waals surface area (Å²) in [5.41, 5.74) is 4.90. The number of nitrogens with one attached hydrogen (secondary N) is 2. The Morgan fingerprint density at radius 2 is 1.74 bits per heavy atom. The molecule has 1 aliphatic rings. The third-order valence-corrected chi connectivity index (χ3v) is 3.85. The lowest BCUT2D eigenvalue weighted by atomic mass is 10.1. The number of benzene rings is 1. The van der Waals surface area contributed by atoms with Gasteiger partial charge >= 0.3 is 0 Å². The van der Waals surface area contributed by atoms with Gasteiger partial charge in [-0.2, -0.15) is 0 Å². The van der Waals surface area contributed by atoms with Crippen molar-refractivity contribution in [3.05, 3.63) is 24.3 Å². The van der Waals surface area contributed by atoms with E-state index in [1.54, 1.807) is 31.2 Å². The van der Waals surface area contributed by atoms with E-state index < -0.39 is 6.10 Å². The zero-order valence-electron chi connectivity index (χ0n) is 13.6. The van der Waals surface area contributed by atoms with Crippen molar-refractivity contribution in [3.8, 4) is 11.5 Å². The fourth-order valence-corrected chi connectivity index (χ4v) is 2.55. The van der Waals surface area contributed by atoms with Crippen molar-refractivity contribution in [3.63, 3.8) is 0 Å². The van der Waals surface area contributed by atoms with Crippen LogP contribution in [0.1, 0.15) is 39.5 Å². The van der Waals surface area contributed by atoms with Crippen molar-refractivity contribution < 1.29 is 19.1 Å². The molecule has 0 spiro atoms. The maximum Gasteiger partial charge on any atom is 0.279 e. The molecule has 0 saturated heterocycles. The zero-order valence-corrected chi connectivity index (χ0v) is 13.6. The summed E-state index contributed by atoms with van der Waals surface area (Å²) in [7, 11) is 0. The Balaban J connectivity index is 1.76. The van der Waals surface area contributed by atoms with Crippen LogP contribution in [0.2, 0.25) is 0 Å². The van der Waals surface area contributed by atoms with E-state index in [0.717, 1.165) is 31.4 Å². The first-order chi connectivity index (χ1) is 11.1. The summed E-state index contributed by atoms with van der Waals surface area (Å²) >= 11 is 0. The molecular formula is C17H24N2O4. The van der Waals surface area contributed by atoms with Gasteiger partial charge in [0.2, 0.25) is 5.91 Å². The van der Waals surface area contributed by atoms with Crippen molar-refractivity contribution in [2.75, 3.05) is 6.61 Å². The van der Waals surface area contributed by atoms with Crippen LogP contribution < -0.4 is 20.3 Å². The smallest absolute Gasteiger partial charge is 0.279 e. The maximum atomic E-state index is 12.0. The molecule has 1 fully saturated rings. The van der Waals surface area contributed by atoms with Crippen molar-refractivity contribution in [2.24, 2.45) is 5.92 Å². The topological polar surface area (TPSA) is 76.7 Å². The summed E-state index contributed by atoms with van der Waals surface area (Å²) in [4.78, 5) is 23.8. The van der Waals surface area contributed by atoms with Gasteiger partial charge in [-0.25, -0.2) is 0 Å². The van der Waals surface area contributed by atoms with E-state index >= 15 is 0 Å². The van der Waals surface area contributed by atoms with Crippen LogP contribution in [-0.4, -0.2) is 24.5 Å². The normalized spacial score (nSPS) is 15.7. The number of hydrogen-bond donors (Lipinski definition) is 2. The molecule has 1 aromatic carbocycles. The van der Waals surface area contributed by atoms with Gasteiger partial charge in [-0.1, -0.05) is 12.8 Å². The average molecular weight is 320 g/mol. The van der Waals surface area contributed by atoms with Gasteiger partial charge in [0.1, 0.15) is 11.5 Å². The number of hydrogen-bond acceptors (Lipinski definition) is 4. The number of hydrazine groups is 1. The number of carbonyl (C=O) groups is 2. The number of rotatable bonds is 6. The maximum absolute atomic E-state index is 12.0. The second-order valence-corrected chi connectivity index (χ2v) is 5.62. The lowest BCUT2D eigenvalue weighted by Crippen LogP contribution is -2.48. The quantitative estimate of drug-likeness (QED) is 0.788. The molecule has 0 bridgehead atoms. The van der Waals surface area contributed by atoms with E-state index in [4.69, 9.17) is 9.47 Å². The largest absolute Gasteiger partial charge is 0.494 e. The van der Waals surface area contributed by atoms with E-state index in [1.807, 2.05) is 6.92 Å². The number of ether oxygens (including phenoxy) is 2. The highest BCUT2D eigenvalue weighted by atomic mass is 16.5. The zero-order chi connectivity index (χ0) is 16.7. The Morgan fingerprint density at radius 3 is 2.35 bits per heavy atom. The average Bonchev–Trinajstić information content (AvgIpc) is 3.09. The molecule has 0 unspecified atom stereocenters. The summed E-state index contributed by atoms with van der Waals surface area (Å²) < 4.78 is 10.9. The summed E-state index contributed by atoms with van der Waals surface area (Å²) in [5.74, 6) is 0.825. The van der Waals surface area contributed by atoms with Gasteiger partial charge < -0.3 is 9.47 Å². The molecular weight excluding hydrogens is 296 g/mol. The van der Waals surface area contributed by atoms with Gasteiger partial charge in [-0.3, -0.25) is 20.4 Å². The van der Waals surface area contributed by atoms with Crippen LogP contribution in [0.4, 0.5) is 0 Å². The third-order valence-electron chi connectivity index (χ3n) is 3.85. The van der Waals surface area contributed by atoms with Gasteiger partial charge in [-0.15, -0.1) is 0 Å². The lowest BCUT2D eigenvalue weighted by molar-refractivity contribution is -0.134. The van der Waals surface area contributed by atoms with Crippen LogP contribution in [0.15, 0.2) is 24.3 Å². The van der Waals surface area contributed by atoms with Gasteiger partial charge in [0.15, 0.2) is 6.10 Å². The molecule has 1 aromatic rings. The van der Waals surface area contributed by atoms with E-state index in [1.165, 1.54) is 0 Å². The van der Waals surface area contributed by atoms with Gasteiger partial charge in [-0.05, 0) is 51.0 Å². The SMILES string of the molecule is CCOc1ccc(O[C@H](C)C(=O)NNC(=O)C2CCCC2)cc1. The Kier molecular flexibility index (Phi) is 6.26. The molecule has 6 nitrogen and oxygen atoms in total. The minimum Gasteiger partial charge on any atom is -0.494 e. The Bertz CT molecular complexity index is 524. The summed E-state index contributed by atoms with van der Waals surface area (Å²) in [6.07, 6.45) is 3.21. The highest BCUT2D eigenvalue weighted by molar-refractivity contribution is 5.85. The first-order valence-corrected chi connectivity index (χ1v) is 8.09. The van der Waals surface area contributed by atoms with E-state index in [0.29, 0.717) is 12.4 Å². The predicted octanol–water partition coefficient (Wildman–Crippen LogP) is 2.19. The van der Waals surface area contributed by atoms with Crippen molar-refractivity contribution in [1.82, 2.24) is 10.9 Å². The number of amides is 2. The minimum absolute atomic E-state index is 0.0117. The molecule has 0 radical (unpaired) electrons. The van der Waals surface area contributed by atoms with Crippen LogP contribution in [0.5, 0.6) is 11.5 Å². The fraction of sp³-hybridized carbons (Fsp3) is 0.529. The second kappa shape index (κ2) is 8.41. The standard InChI is InChI=1S/C17H24N2O4/c1-3-22-14-8-10-15(11-9-14)23-12(2)16(20)18-19-17(21)13-6-4-5-7-13/h8-13H,3-7H2,1-2H3,(H,18,20)(H,19,21)/t12-/m1/s1. The highest BCUT2D eigenvalue weighted by Gasteiger charge is 2.23. The van der Waals surface area contributed by atoms with Crippen LogP contribution in [0.3, 0.4) is 0 Å². The van der Waals surface area contributed by atoms with Crippen LogP contribution in [0.25, 0.3) is 0 Å². The van der Waals surface area contributed by atoms with Crippen molar-refractivity contribution in [1.29, 1.82) is 0 Å². The molecule has 1 aliphatic carbocycles. The van der Waals surface area contributed by atoms with E-state index in [9.17, 15) is 9.59 Å². The predicted molar refractivity (Wildman–Crippen MR) is 85.9 cm³/mol. The summed E-state index contributed by atoms with van der Waals surface area (Å²) in [6, 6.07) is 7.05. The monoisotopic (exact) mass is 320 g/mol. The molecule has 0 heterocycles. The first-order valence-electron chi connectivity index (χ1n) is 8.09. The van der Waals surface area contributed by atoms with Crippen LogP contribution in [0, 0.1) is 5.92 Å². The molecule has 23 heavy (non-hydrogen) atoms. The molecule has 2 rings (SSSR count). The number of carbonyl (C=O) groups excluding carboxylic acids is 2. The van der Waals surface area contributed by atoms with Crippen LogP contribution in [-0.2, 0) is 9.59 Å². The fourth-order valence-electron chi connectivity index (χ4n) is 2.55. The van der Waals surface area contributed by atoms with Gasteiger partial charge in [0.05, 0.1) is 6.61 Å². The second-order valence-electron chi connectivity index (χ2n) is 5.62. The Hall–Kier alpha value is -2.24. The third kappa shape index (κ3) is 5.16. The van der Waals surface area contributed by atoms with Crippen molar-refractivity contribution in [2.45, 2.75) is 45.6 Å². The first kappa shape index (κ1) is 17.1. The van der Waals surface area contributed by atoms with Gasteiger partial charge in [0, 0.05) is 5.92 Å². The Labute approximate surface area is 136 Å². The molecule has 2 N–H and O–H groups in total.